The molecule has 7 aromatic carbocycles. The van der Waals surface area contributed by atoms with Gasteiger partial charge in [-0.25, -0.2) is 0 Å². The number of pyridine rings is 1. The van der Waals surface area contributed by atoms with Crippen LogP contribution in [0.5, 0.6) is 0 Å². The minimum atomic E-state index is -0.0891. The maximum absolute atomic E-state index is 5.24. The van der Waals surface area contributed by atoms with Crippen LogP contribution in [0.1, 0.15) is 22.9 Å². The molecule has 0 amide bonds. The van der Waals surface area contributed by atoms with Gasteiger partial charge in [0.05, 0.1) is 22.9 Å². The van der Waals surface area contributed by atoms with Crippen molar-refractivity contribution in [3.8, 4) is 28.1 Å². The summed E-state index contributed by atoms with van der Waals surface area (Å²) in [4.78, 5) is 5.24. The molecule has 260 valence electrons. The molecule has 0 saturated carbocycles. The number of hydrogen-bond acceptors (Lipinski definition) is 3. The summed E-state index contributed by atoms with van der Waals surface area (Å²) in [5, 5.41) is 16.2. The molecule has 0 aliphatic carbocycles. The lowest BCUT2D eigenvalue weighted by Crippen LogP contribution is -2.22. The van der Waals surface area contributed by atoms with Crippen molar-refractivity contribution in [1.29, 1.82) is 0 Å². The second-order valence-corrected chi connectivity index (χ2v) is 14.4. The zero-order chi connectivity index (χ0) is 36.3. The van der Waals surface area contributed by atoms with Crippen LogP contribution in [0.3, 0.4) is 0 Å². The number of rotatable bonds is 5. The van der Waals surface area contributed by atoms with Gasteiger partial charge in [-0.2, -0.15) is 0 Å². The van der Waals surface area contributed by atoms with Crippen LogP contribution in [0, 0.1) is 0 Å². The molecule has 2 aliphatic rings. The number of hydrogen-bond donors (Lipinski definition) is 2. The molecule has 55 heavy (non-hydrogen) atoms. The van der Waals surface area contributed by atoms with Gasteiger partial charge in [-0.1, -0.05) is 146 Å². The van der Waals surface area contributed by atoms with Crippen LogP contribution in [0.15, 0.2) is 182 Å². The summed E-state index contributed by atoms with van der Waals surface area (Å²) < 4.78 is 2.33. The molecule has 1 atom stereocenters. The number of dihydropyridines is 1. The Bertz CT molecular complexity index is 3010. The standard InChI is InChI=1S/C51H36N4/c1-2-13-35-32-36(26-25-33(35)12-1)49-39-15-3-5-17-41(39)50(42-18-6-4-16-40(42)49)47-23-10-22-46(54-47)45-21-9-20-44(53-45)34-27-29-37(30-28-34)55-48-24-8-7-14-38(48)43-19-11-31-52-51(43)55/h1-30,32,46,52,54H,31H2. The van der Waals surface area contributed by atoms with E-state index < -0.39 is 0 Å². The minimum Gasteiger partial charge on any atom is -0.373 e. The average Bonchev–Trinajstić information content (AvgIpc) is 3.60. The molecule has 4 nitrogen and oxygen atoms in total. The first-order valence-electron chi connectivity index (χ1n) is 19.0. The van der Waals surface area contributed by atoms with E-state index in [-0.39, 0.29) is 6.04 Å². The van der Waals surface area contributed by atoms with Gasteiger partial charge in [-0.15, -0.1) is 0 Å². The fourth-order valence-electron chi connectivity index (χ4n) is 8.70. The van der Waals surface area contributed by atoms with Gasteiger partial charge in [0, 0.05) is 40.0 Å². The van der Waals surface area contributed by atoms with E-state index in [1.807, 2.05) is 0 Å². The second-order valence-electron chi connectivity index (χ2n) is 14.4. The lowest BCUT2D eigenvalue weighted by molar-refractivity contribution is 0.739. The number of aromatic nitrogens is 2. The normalized spacial score (nSPS) is 14.9. The number of fused-ring (bicyclic) bond motifs is 6. The number of nitrogens with zero attached hydrogens (tertiary/aromatic N) is 2. The SMILES string of the molecule is C1=CC(c2cccc(-c3ccc(-n4c5c(c6ccccc64)C=CCN5)cc3)n2)NC(c2c3ccccc3c(-c3ccc4ccccc4c3)c3ccccc23)=C1. The Morgan fingerprint density at radius 1 is 0.582 bits per heavy atom. The highest BCUT2D eigenvalue weighted by Crippen LogP contribution is 2.43. The smallest absolute Gasteiger partial charge is 0.119 e. The van der Waals surface area contributed by atoms with Gasteiger partial charge >= 0.3 is 0 Å². The Kier molecular flexibility index (Phi) is 7.27. The summed E-state index contributed by atoms with van der Waals surface area (Å²) in [7, 11) is 0. The van der Waals surface area contributed by atoms with Crippen molar-refractivity contribution in [3.05, 3.63) is 199 Å². The molecule has 2 aliphatic heterocycles. The van der Waals surface area contributed by atoms with Gasteiger partial charge in [0.15, 0.2) is 0 Å². The van der Waals surface area contributed by atoms with Crippen LogP contribution in [0.25, 0.3) is 83.1 Å². The maximum Gasteiger partial charge on any atom is 0.119 e. The summed E-state index contributed by atoms with van der Waals surface area (Å²) in [5.41, 5.74) is 11.4. The summed E-state index contributed by atoms with van der Waals surface area (Å²) in [6.07, 6.45) is 11.0. The fourth-order valence-corrected chi connectivity index (χ4v) is 8.70. The number of nitrogens with one attached hydrogen (secondary N) is 2. The molecular weight excluding hydrogens is 669 g/mol. The van der Waals surface area contributed by atoms with Gasteiger partial charge in [0.2, 0.25) is 0 Å². The Morgan fingerprint density at radius 3 is 2.04 bits per heavy atom. The van der Waals surface area contributed by atoms with Crippen LogP contribution in [-0.2, 0) is 0 Å². The van der Waals surface area contributed by atoms with E-state index in [1.165, 1.54) is 65.5 Å². The minimum absolute atomic E-state index is 0.0891. The number of para-hydroxylation sites is 1. The molecule has 2 N–H and O–H groups in total. The molecule has 0 radical (unpaired) electrons. The number of anilines is 1. The predicted octanol–water partition coefficient (Wildman–Crippen LogP) is 12.5. The van der Waals surface area contributed by atoms with Crippen molar-refractivity contribution < 1.29 is 0 Å². The van der Waals surface area contributed by atoms with Crippen molar-refractivity contribution in [2.75, 3.05) is 11.9 Å². The van der Waals surface area contributed by atoms with Crippen molar-refractivity contribution in [3.63, 3.8) is 0 Å². The highest BCUT2D eigenvalue weighted by atomic mass is 15.1. The van der Waals surface area contributed by atoms with E-state index in [9.17, 15) is 0 Å². The molecule has 11 rings (SSSR count). The number of benzene rings is 7. The third kappa shape index (κ3) is 5.18. The molecule has 0 spiro atoms. The van der Waals surface area contributed by atoms with Crippen molar-refractivity contribution in [2.24, 2.45) is 0 Å². The monoisotopic (exact) mass is 704 g/mol. The second kappa shape index (κ2) is 12.8. The first kappa shape index (κ1) is 31.4. The zero-order valence-electron chi connectivity index (χ0n) is 30.1. The maximum atomic E-state index is 5.24. The number of allylic oxidation sites excluding steroid dienone is 2. The van der Waals surface area contributed by atoms with E-state index in [0.29, 0.717) is 0 Å². The van der Waals surface area contributed by atoms with Crippen LogP contribution in [0.4, 0.5) is 5.82 Å². The quantitative estimate of drug-likeness (QED) is 0.175. The summed E-state index contributed by atoms with van der Waals surface area (Å²) >= 11 is 0. The van der Waals surface area contributed by atoms with Gasteiger partial charge < -0.3 is 10.6 Å². The average molecular weight is 705 g/mol. The highest BCUT2D eigenvalue weighted by Gasteiger charge is 2.22. The lowest BCUT2D eigenvalue weighted by atomic mass is 9.86. The summed E-state index contributed by atoms with van der Waals surface area (Å²) in [6, 6.07) is 56.8. The van der Waals surface area contributed by atoms with Crippen molar-refractivity contribution >= 4 is 60.8 Å². The first-order chi connectivity index (χ1) is 27.3. The molecule has 0 fully saturated rings. The molecule has 1 unspecified atom stereocenters. The molecule has 0 saturated heterocycles. The molecule has 2 aromatic heterocycles. The van der Waals surface area contributed by atoms with Crippen LogP contribution < -0.4 is 10.6 Å². The van der Waals surface area contributed by atoms with Crippen molar-refractivity contribution in [1.82, 2.24) is 14.9 Å². The van der Waals surface area contributed by atoms with Gasteiger partial charge in [0.1, 0.15) is 5.82 Å². The molecule has 0 bridgehead atoms. The predicted molar refractivity (Wildman–Crippen MR) is 231 cm³/mol. The fraction of sp³-hybridized carbons (Fsp3) is 0.0392. The molecule has 4 heterocycles. The van der Waals surface area contributed by atoms with E-state index in [4.69, 9.17) is 4.98 Å². The van der Waals surface area contributed by atoms with E-state index in [2.05, 4.69) is 203 Å². The Hall–Kier alpha value is -7.17. The molecule has 4 heteroatoms. The third-order valence-electron chi connectivity index (χ3n) is 11.2. The zero-order valence-corrected chi connectivity index (χ0v) is 30.1. The van der Waals surface area contributed by atoms with E-state index >= 15 is 0 Å². The van der Waals surface area contributed by atoms with Gasteiger partial charge in [-0.3, -0.25) is 9.55 Å². The Labute approximate surface area is 319 Å². The van der Waals surface area contributed by atoms with Crippen LogP contribution in [0.2, 0.25) is 0 Å². The van der Waals surface area contributed by atoms with Gasteiger partial charge in [-0.05, 0) is 85.9 Å². The third-order valence-corrected chi connectivity index (χ3v) is 11.2. The summed E-state index contributed by atoms with van der Waals surface area (Å²) in [6.45, 7) is 0.821. The lowest BCUT2D eigenvalue weighted by Gasteiger charge is -2.25. The van der Waals surface area contributed by atoms with Gasteiger partial charge in [0.25, 0.3) is 0 Å². The highest BCUT2D eigenvalue weighted by molar-refractivity contribution is 6.19. The molecular formula is C51H36N4. The van der Waals surface area contributed by atoms with E-state index in [1.54, 1.807) is 0 Å². The van der Waals surface area contributed by atoms with Crippen molar-refractivity contribution in [2.45, 2.75) is 6.04 Å². The Morgan fingerprint density at radius 2 is 1.25 bits per heavy atom. The Balaban J connectivity index is 0.947. The van der Waals surface area contributed by atoms with Crippen LogP contribution >= 0.6 is 0 Å². The first-order valence-corrected chi connectivity index (χ1v) is 19.0. The van der Waals surface area contributed by atoms with Crippen LogP contribution in [-0.4, -0.2) is 16.1 Å². The molecule has 9 aromatic rings. The largest absolute Gasteiger partial charge is 0.373 e. The topological polar surface area (TPSA) is 41.9 Å². The summed E-state index contributed by atoms with van der Waals surface area (Å²) in [5.74, 6) is 1.14. The van der Waals surface area contributed by atoms with E-state index in [0.717, 1.165) is 40.7 Å².